The van der Waals surface area contributed by atoms with Crippen LogP contribution in [0.1, 0.15) is 44.0 Å². The fourth-order valence-corrected chi connectivity index (χ4v) is 4.49. The molecule has 0 saturated heterocycles. The Morgan fingerprint density at radius 2 is 1.67 bits per heavy atom. The SMILES string of the molecule is CCOc1cc(C(C(=O)NC(C(=O)OC(=O)C(F)(F)F)c2ccccc2)N(N)c2ccc3cnccc3c2)ccc1OC(C)C. The summed E-state index contributed by atoms with van der Waals surface area (Å²) in [7, 11) is 0. The van der Waals surface area contributed by atoms with Crippen LogP contribution in [0.25, 0.3) is 10.8 Å². The number of hydrogen-bond acceptors (Lipinski definition) is 9. The van der Waals surface area contributed by atoms with Gasteiger partial charge in [-0.3, -0.25) is 14.8 Å². The third-order valence-corrected chi connectivity index (χ3v) is 6.47. The number of carbonyl (C=O) groups is 3. The molecule has 10 nitrogen and oxygen atoms in total. The van der Waals surface area contributed by atoms with E-state index in [4.69, 9.17) is 15.3 Å². The third-order valence-electron chi connectivity index (χ3n) is 6.47. The van der Waals surface area contributed by atoms with Gasteiger partial charge in [0.2, 0.25) is 5.91 Å². The largest absolute Gasteiger partial charge is 0.491 e. The van der Waals surface area contributed by atoms with Gasteiger partial charge in [0, 0.05) is 17.8 Å². The van der Waals surface area contributed by atoms with Gasteiger partial charge in [0.15, 0.2) is 17.5 Å². The number of alkyl halides is 3. The van der Waals surface area contributed by atoms with Crippen LogP contribution < -0.4 is 25.6 Å². The van der Waals surface area contributed by atoms with Crippen LogP contribution in [0.3, 0.4) is 0 Å². The van der Waals surface area contributed by atoms with Gasteiger partial charge in [-0.2, -0.15) is 13.2 Å². The van der Waals surface area contributed by atoms with E-state index in [-0.39, 0.29) is 18.3 Å². The predicted molar refractivity (Wildman–Crippen MR) is 159 cm³/mol. The van der Waals surface area contributed by atoms with Crippen LogP contribution in [-0.4, -0.2) is 41.7 Å². The van der Waals surface area contributed by atoms with Crippen molar-refractivity contribution >= 4 is 34.3 Å². The lowest BCUT2D eigenvalue weighted by molar-refractivity contribution is -0.202. The summed E-state index contributed by atoms with van der Waals surface area (Å²) in [5, 5.41) is 5.17. The number of nitrogens with two attached hydrogens (primary N) is 1. The van der Waals surface area contributed by atoms with Crippen LogP contribution >= 0.6 is 0 Å². The molecule has 3 N–H and O–H groups in total. The van der Waals surface area contributed by atoms with Gasteiger partial charge in [-0.25, -0.2) is 15.4 Å². The fraction of sp³-hybridized carbons (Fsp3) is 0.250. The quantitative estimate of drug-likeness (QED) is 0.0983. The molecule has 0 aliphatic carbocycles. The highest BCUT2D eigenvalue weighted by Gasteiger charge is 2.44. The first-order valence-corrected chi connectivity index (χ1v) is 13.9. The van der Waals surface area contributed by atoms with E-state index in [1.165, 1.54) is 24.3 Å². The number of benzene rings is 3. The molecule has 3 aromatic carbocycles. The second kappa shape index (κ2) is 14.1. The zero-order valence-corrected chi connectivity index (χ0v) is 24.6. The van der Waals surface area contributed by atoms with E-state index >= 15 is 0 Å². The van der Waals surface area contributed by atoms with Crippen molar-refractivity contribution < 1.29 is 41.8 Å². The summed E-state index contributed by atoms with van der Waals surface area (Å²) >= 11 is 0. The Kier molecular flexibility index (Phi) is 10.2. The molecule has 1 amide bonds. The molecule has 4 rings (SSSR count). The topological polar surface area (TPSA) is 133 Å². The molecule has 1 heterocycles. The predicted octanol–water partition coefficient (Wildman–Crippen LogP) is 5.33. The Morgan fingerprint density at radius 3 is 2.33 bits per heavy atom. The van der Waals surface area contributed by atoms with E-state index < -0.39 is 36.1 Å². The summed E-state index contributed by atoms with van der Waals surface area (Å²) < 4.78 is 54.6. The number of amides is 1. The third kappa shape index (κ3) is 8.06. The summed E-state index contributed by atoms with van der Waals surface area (Å²) in [6.45, 7) is 5.72. The van der Waals surface area contributed by atoms with Crippen LogP contribution in [0, 0.1) is 0 Å². The Hall–Kier alpha value is -5.17. The number of fused-ring (bicyclic) bond motifs is 1. The average Bonchev–Trinajstić information content (AvgIpc) is 3.00. The molecule has 0 aliphatic heterocycles. The minimum Gasteiger partial charge on any atom is -0.490 e. The smallest absolute Gasteiger partial charge is 0.490 e. The van der Waals surface area contributed by atoms with Gasteiger partial charge >= 0.3 is 18.1 Å². The highest BCUT2D eigenvalue weighted by Crippen LogP contribution is 2.35. The summed E-state index contributed by atoms with van der Waals surface area (Å²) in [5.74, 6) is 2.09. The number of nitrogens with zero attached hydrogens (tertiary/aromatic N) is 2. The van der Waals surface area contributed by atoms with Gasteiger partial charge in [0.1, 0.15) is 6.04 Å². The molecule has 0 saturated carbocycles. The van der Waals surface area contributed by atoms with Gasteiger partial charge in [-0.1, -0.05) is 42.5 Å². The molecule has 0 aliphatic rings. The first-order valence-electron chi connectivity index (χ1n) is 13.9. The Bertz CT molecular complexity index is 1670. The van der Waals surface area contributed by atoms with Crippen molar-refractivity contribution in [1.29, 1.82) is 0 Å². The number of ether oxygens (including phenoxy) is 3. The number of rotatable bonds is 11. The van der Waals surface area contributed by atoms with Crippen molar-refractivity contribution in [3.8, 4) is 11.5 Å². The van der Waals surface area contributed by atoms with Crippen molar-refractivity contribution in [3.05, 3.63) is 96.3 Å². The van der Waals surface area contributed by atoms with E-state index in [1.54, 1.807) is 67.8 Å². The average molecular weight is 625 g/mol. The minimum absolute atomic E-state index is 0.0713. The molecule has 4 aromatic rings. The lowest BCUT2D eigenvalue weighted by Crippen LogP contribution is -2.47. The lowest BCUT2D eigenvalue weighted by Gasteiger charge is -2.31. The zero-order chi connectivity index (χ0) is 32.7. The standard InChI is InChI=1S/C32H31F3N4O6/c1-4-43-26-17-22(11-13-25(26)44-19(2)3)28(39(36)24-12-10-23-18-37-15-14-21(23)16-24)29(40)38-27(20-8-6-5-7-9-20)30(41)45-31(42)32(33,34)35/h5-19,27-28H,4,36H2,1-3H3,(H,38,40). The number of nitrogens with one attached hydrogen (secondary N) is 1. The number of carbonyl (C=O) groups excluding carboxylic acids is 3. The maximum atomic E-state index is 14.1. The number of esters is 2. The molecule has 236 valence electrons. The lowest BCUT2D eigenvalue weighted by atomic mass is 10.0. The van der Waals surface area contributed by atoms with E-state index in [9.17, 15) is 27.6 Å². The number of hydrazine groups is 1. The number of halogens is 3. The number of aromatic nitrogens is 1. The van der Waals surface area contributed by atoms with Gasteiger partial charge in [0.05, 0.1) is 18.4 Å². The number of anilines is 1. The monoisotopic (exact) mass is 624 g/mol. The molecule has 0 bridgehead atoms. The van der Waals surface area contributed by atoms with Crippen molar-refractivity contribution in [2.45, 2.75) is 45.1 Å². The van der Waals surface area contributed by atoms with Crippen molar-refractivity contribution in [3.63, 3.8) is 0 Å². The van der Waals surface area contributed by atoms with Crippen LogP contribution in [0.4, 0.5) is 18.9 Å². The second-order valence-corrected chi connectivity index (χ2v) is 10.1. The summed E-state index contributed by atoms with van der Waals surface area (Å²) in [6.07, 6.45) is -2.37. The van der Waals surface area contributed by atoms with Gasteiger partial charge in [0.25, 0.3) is 0 Å². The molecular formula is C32H31F3N4O6. The number of pyridine rings is 1. The number of hydrogen-bond donors (Lipinski definition) is 2. The van der Waals surface area contributed by atoms with Crippen LogP contribution in [-0.2, 0) is 19.1 Å². The molecule has 0 radical (unpaired) electrons. The Balaban J connectivity index is 1.78. The molecular weight excluding hydrogens is 593 g/mol. The second-order valence-electron chi connectivity index (χ2n) is 10.1. The Morgan fingerprint density at radius 1 is 0.933 bits per heavy atom. The fourth-order valence-electron chi connectivity index (χ4n) is 4.49. The minimum atomic E-state index is -5.43. The molecule has 2 atom stereocenters. The Labute approximate surface area is 256 Å². The van der Waals surface area contributed by atoms with Crippen molar-refractivity contribution in [2.75, 3.05) is 11.6 Å². The molecule has 0 spiro atoms. The molecule has 2 unspecified atom stereocenters. The van der Waals surface area contributed by atoms with Crippen molar-refractivity contribution in [1.82, 2.24) is 10.3 Å². The van der Waals surface area contributed by atoms with Gasteiger partial charge in [-0.15, -0.1) is 0 Å². The van der Waals surface area contributed by atoms with Gasteiger partial charge in [-0.05, 0) is 67.6 Å². The zero-order valence-electron chi connectivity index (χ0n) is 24.6. The summed E-state index contributed by atoms with van der Waals surface area (Å²) in [6, 6.07) is 15.9. The molecule has 1 aromatic heterocycles. The summed E-state index contributed by atoms with van der Waals surface area (Å²) in [5.41, 5.74) is 0.762. The molecule has 45 heavy (non-hydrogen) atoms. The highest BCUT2D eigenvalue weighted by molar-refractivity contribution is 5.96. The van der Waals surface area contributed by atoms with Crippen LogP contribution in [0.2, 0.25) is 0 Å². The van der Waals surface area contributed by atoms with Crippen LogP contribution in [0.15, 0.2) is 85.2 Å². The normalized spacial score (nSPS) is 12.7. The van der Waals surface area contributed by atoms with Crippen LogP contribution in [0.5, 0.6) is 11.5 Å². The molecule has 0 fully saturated rings. The first-order chi connectivity index (χ1) is 21.4. The molecule has 13 heteroatoms. The van der Waals surface area contributed by atoms with E-state index in [0.29, 0.717) is 22.7 Å². The van der Waals surface area contributed by atoms with E-state index in [2.05, 4.69) is 15.0 Å². The highest BCUT2D eigenvalue weighted by atomic mass is 19.4. The maximum absolute atomic E-state index is 14.1. The van der Waals surface area contributed by atoms with Gasteiger partial charge < -0.3 is 19.5 Å². The summed E-state index contributed by atoms with van der Waals surface area (Å²) in [4.78, 5) is 42.6. The maximum Gasteiger partial charge on any atom is 0.491 e. The van der Waals surface area contributed by atoms with E-state index in [0.717, 1.165) is 15.8 Å². The van der Waals surface area contributed by atoms with Crippen molar-refractivity contribution in [2.24, 2.45) is 5.84 Å². The van der Waals surface area contributed by atoms with E-state index in [1.807, 2.05) is 13.8 Å². The first kappa shape index (κ1) is 32.7.